The zero-order valence-corrected chi connectivity index (χ0v) is 13.5. The summed E-state index contributed by atoms with van der Waals surface area (Å²) in [6.45, 7) is 3.15. The number of benzene rings is 1. The van der Waals surface area contributed by atoms with E-state index in [4.69, 9.17) is 5.73 Å². The van der Waals surface area contributed by atoms with Crippen LogP contribution in [0.5, 0.6) is 0 Å². The van der Waals surface area contributed by atoms with Gasteiger partial charge in [-0.1, -0.05) is 0 Å². The molecular weight excluding hydrogens is 338 g/mol. The predicted octanol–water partition coefficient (Wildman–Crippen LogP) is 3.45. The molecule has 0 atom stereocenters. The molecule has 2 rings (SSSR count). The van der Waals surface area contributed by atoms with E-state index in [1.807, 2.05) is 19.1 Å². The number of hydrogen-bond donors (Lipinski definition) is 3. The molecule has 4 N–H and O–H groups in total. The van der Waals surface area contributed by atoms with Crippen LogP contribution < -0.4 is 16.4 Å². The minimum Gasteiger partial charge on any atom is -0.399 e. The first-order valence-electron chi connectivity index (χ1n) is 6.26. The van der Waals surface area contributed by atoms with Crippen LogP contribution in [0.4, 0.5) is 11.4 Å². The van der Waals surface area contributed by atoms with E-state index < -0.39 is 0 Å². The fraction of sp³-hybridized carbons (Fsp3) is 0.214. The summed E-state index contributed by atoms with van der Waals surface area (Å²) in [6.07, 6.45) is 0. The number of halogens is 1. The van der Waals surface area contributed by atoms with Gasteiger partial charge in [-0.3, -0.25) is 4.79 Å². The molecule has 0 saturated carbocycles. The number of hydrogen-bond acceptors (Lipinski definition) is 4. The zero-order chi connectivity index (χ0) is 14.5. The van der Waals surface area contributed by atoms with Gasteiger partial charge in [-0.2, -0.15) is 0 Å². The molecule has 4 nitrogen and oxygen atoms in total. The highest BCUT2D eigenvalue weighted by molar-refractivity contribution is 9.11. The van der Waals surface area contributed by atoms with E-state index >= 15 is 0 Å². The van der Waals surface area contributed by atoms with Crippen LogP contribution in [-0.4, -0.2) is 12.5 Å². The Kier molecular flexibility index (Phi) is 5.03. The molecule has 0 saturated heterocycles. The summed E-state index contributed by atoms with van der Waals surface area (Å²) in [5.41, 5.74) is 7.79. The van der Waals surface area contributed by atoms with Crippen LogP contribution in [0.1, 0.15) is 22.2 Å². The van der Waals surface area contributed by atoms with Crippen LogP contribution in [0.3, 0.4) is 0 Å². The van der Waals surface area contributed by atoms with Crippen LogP contribution >= 0.6 is 27.3 Å². The number of nitrogens with two attached hydrogens (primary N) is 1. The van der Waals surface area contributed by atoms with Crippen molar-refractivity contribution in [2.75, 3.05) is 17.6 Å². The Morgan fingerprint density at radius 3 is 2.80 bits per heavy atom. The number of carbonyl (C=O) groups is 1. The molecule has 0 aliphatic rings. The first kappa shape index (κ1) is 14.9. The summed E-state index contributed by atoms with van der Waals surface area (Å²) in [5, 5.41) is 6.07. The molecule has 0 fully saturated rings. The number of amides is 1. The zero-order valence-electron chi connectivity index (χ0n) is 11.1. The molecule has 2 aromatic rings. The predicted molar refractivity (Wildman–Crippen MR) is 88.2 cm³/mol. The Morgan fingerprint density at radius 1 is 1.35 bits per heavy atom. The Balaban J connectivity index is 2.16. The summed E-state index contributed by atoms with van der Waals surface area (Å²) >= 11 is 5.09. The highest BCUT2D eigenvalue weighted by Crippen LogP contribution is 2.24. The number of nitrogens with one attached hydrogen (secondary N) is 2. The van der Waals surface area contributed by atoms with Gasteiger partial charge >= 0.3 is 0 Å². The third-order valence-corrected chi connectivity index (χ3v) is 4.33. The van der Waals surface area contributed by atoms with Gasteiger partial charge in [0.25, 0.3) is 5.91 Å². The van der Waals surface area contributed by atoms with E-state index in [1.54, 1.807) is 29.5 Å². The maximum absolute atomic E-state index is 12.0. The Morgan fingerprint density at radius 2 is 2.15 bits per heavy atom. The lowest BCUT2D eigenvalue weighted by molar-refractivity contribution is 0.0956. The third-order valence-electron chi connectivity index (χ3n) is 2.71. The highest BCUT2D eigenvalue weighted by Gasteiger charge is 2.11. The molecular formula is C14H16BrN3OS. The van der Waals surface area contributed by atoms with Crippen LogP contribution in [0, 0.1) is 0 Å². The first-order chi connectivity index (χ1) is 9.60. The lowest BCUT2D eigenvalue weighted by Crippen LogP contribution is -2.23. The molecule has 0 unspecified atom stereocenters. The normalized spacial score (nSPS) is 10.3. The SMILES string of the molecule is CCNC(=O)c1ccc(N)cc1NCc1ccc(Br)s1. The van der Waals surface area contributed by atoms with Crippen molar-refractivity contribution in [3.05, 3.63) is 44.6 Å². The highest BCUT2D eigenvalue weighted by atomic mass is 79.9. The molecule has 0 aliphatic carbocycles. The molecule has 20 heavy (non-hydrogen) atoms. The molecule has 106 valence electrons. The Labute approximate surface area is 130 Å². The lowest BCUT2D eigenvalue weighted by atomic mass is 10.1. The van der Waals surface area contributed by atoms with E-state index in [-0.39, 0.29) is 5.91 Å². The summed E-state index contributed by atoms with van der Waals surface area (Å²) in [6, 6.07) is 9.31. The van der Waals surface area contributed by atoms with Crippen molar-refractivity contribution in [2.24, 2.45) is 0 Å². The maximum Gasteiger partial charge on any atom is 0.253 e. The third kappa shape index (κ3) is 3.74. The monoisotopic (exact) mass is 353 g/mol. The summed E-state index contributed by atoms with van der Waals surface area (Å²) in [7, 11) is 0. The minimum atomic E-state index is -0.0950. The fourth-order valence-electron chi connectivity index (χ4n) is 1.79. The summed E-state index contributed by atoms with van der Waals surface area (Å²) < 4.78 is 1.09. The van der Waals surface area contributed by atoms with Crippen LogP contribution in [0.25, 0.3) is 0 Å². The largest absolute Gasteiger partial charge is 0.399 e. The van der Waals surface area contributed by atoms with Crippen molar-refractivity contribution in [3.8, 4) is 0 Å². The van der Waals surface area contributed by atoms with Crippen LogP contribution in [0.2, 0.25) is 0 Å². The van der Waals surface area contributed by atoms with Gasteiger partial charge in [-0.05, 0) is 53.2 Å². The van der Waals surface area contributed by atoms with Crippen molar-refractivity contribution in [2.45, 2.75) is 13.5 Å². The Bertz CT molecular complexity index is 612. The second kappa shape index (κ2) is 6.76. The second-order valence-corrected chi connectivity index (χ2v) is 6.77. The van der Waals surface area contributed by atoms with Gasteiger partial charge in [0.05, 0.1) is 9.35 Å². The van der Waals surface area contributed by atoms with Crippen molar-refractivity contribution in [3.63, 3.8) is 0 Å². The van der Waals surface area contributed by atoms with Crippen LogP contribution in [0.15, 0.2) is 34.1 Å². The van der Waals surface area contributed by atoms with Crippen molar-refractivity contribution >= 4 is 44.5 Å². The number of thiophene rings is 1. The number of rotatable bonds is 5. The van der Waals surface area contributed by atoms with E-state index in [0.717, 1.165) is 9.47 Å². The quantitative estimate of drug-likeness (QED) is 0.721. The molecule has 0 spiro atoms. The lowest BCUT2D eigenvalue weighted by Gasteiger charge is -2.12. The Hall–Kier alpha value is -1.53. The molecule has 1 heterocycles. The van der Waals surface area contributed by atoms with Gasteiger partial charge in [0.2, 0.25) is 0 Å². The van der Waals surface area contributed by atoms with Crippen molar-refractivity contribution < 1.29 is 4.79 Å². The second-order valence-electron chi connectivity index (χ2n) is 4.22. The van der Waals surface area contributed by atoms with E-state index in [9.17, 15) is 4.79 Å². The van der Waals surface area contributed by atoms with Crippen molar-refractivity contribution in [1.29, 1.82) is 0 Å². The minimum absolute atomic E-state index is 0.0950. The fourth-order valence-corrected chi connectivity index (χ4v) is 3.21. The van der Waals surface area contributed by atoms with Crippen LogP contribution in [-0.2, 0) is 6.54 Å². The van der Waals surface area contributed by atoms with Gasteiger partial charge in [-0.15, -0.1) is 11.3 Å². The smallest absolute Gasteiger partial charge is 0.253 e. The summed E-state index contributed by atoms with van der Waals surface area (Å²) in [5.74, 6) is -0.0950. The van der Waals surface area contributed by atoms with Gasteiger partial charge in [0.15, 0.2) is 0 Å². The first-order valence-corrected chi connectivity index (χ1v) is 7.87. The van der Waals surface area contributed by atoms with Crippen molar-refractivity contribution in [1.82, 2.24) is 5.32 Å². The molecule has 0 radical (unpaired) electrons. The van der Waals surface area contributed by atoms with Gasteiger partial charge < -0.3 is 16.4 Å². The number of anilines is 2. The van der Waals surface area contributed by atoms with Gasteiger partial charge in [-0.25, -0.2) is 0 Å². The van der Waals surface area contributed by atoms with Gasteiger partial charge in [0, 0.05) is 29.3 Å². The average Bonchev–Trinajstić information content (AvgIpc) is 2.82. The van der Waals surface area contributed by atoms with Gasteiger partial charge in [0.1, 0.15) is 0 Å². The topological polar surface area (TPSA) is 67.2 Å². The molecule has 6 heteroatoms. The standard InChI is InChI=1S/C14H16BrN3OS/c1-2-17-14(19)11-5-3-9(16)7-12(11)18-8-10-4-6-13(15)20-10/h3-7,18H,2,8,16H2,1H3,(H,17,19). The van der Waals surface area contributed by atoms with E-state index in [1.165, 1.54) is 4.88 Å². The van der Waals surface area contributed by atoms with E-state index in [0.29, 0.717) is 24.3 Å². The molecule has 1 aromatic heterocycles. The number of carbonyl (C=O) groups excluding carboxylic acids is 1. The average molecular weight is 354 g/mol. The molecule has 0 bridgehead atoms. The molecule has 1 amide bonds. The molecule has 0 aliphatic heterocycles. The summed E-state index contributed by atoms with van der Waals surface area (Å²) in [4.78, 5) is 13.2. The number of nitrogen functional groups attached to an aromatic ring is 1. The molecule has 1 aromatic carbocycles. The van der Waals surface area contributed by atoms with E-state index in [2.05, 4.69) is 26.6 Å². The maximum atomic E-state index is 12.0.